The van der Waals surface area contributed by atoms with E-state index >= 15 is 0 Å². The number of furan rings is 1. The zero-order chi connectivity index (χ0) is 19.5. The molecule has 0 unspecified atom stereocenters. The maximum absolute atomic E-state index is 12.6. The number of aromatic amines is 1. The largest absolute Gasteiger partial charge is 0.451 e. The van der Waals surface area contributed by atoms with Crippen LogP contribution in [0.1, 0.15) is 21.1 Å². The van der Waals surface area contributed by atoms with Crippen molar-refractivity contribution < 1.29 is 14.0 Å². The average molecular weight is 394 g/mol. The molecule has 7 nitrogen and oxygen atoms in total. The molecule has 4 rings (SSSR count). The summed E-state index contributed by atoms with van der Waals surface area (Å²) in [5.41, 5.74) is 1.98. The maximum Gasteiger partial charge on any atom is 0.289 e. The minimum absolute atomic E-state index is 0.154. The topological polar surface area (TPSA) is 91.2 Å². The third-order valence-electron chi connectivity index (χ3n) is 4.24. The van der Waals surface area contributed by atoms with Crippen molar-refractivity contribution in [3.63, 3.8) is 0 Å². The summed E-state index contributed by atoms with van der Waals surface area (Å²) in [6.45, 7) is 0.530. The number of carbonyl (C=O) groups is 2. The second kappa shape index (κ2) is 7.69. The van der Waals surface area contributed by atoms with Gasteiger partial charge in [-0.1, -0.05) is 6.07 Å². The lowest BCUT2D eigenvalue weighted by atomic mass is 10.2. The van der Waals surface area contributed by atoms with E-state index in [0.29, 0.717) is 17.8 Å². The summed E-state index contributed by atoms with van der Waals surface area (Å²) in [5.74, 6) is -0.0662. The predicted octanol–water partition coefficient (Wildman–Crippen LogP) is 3.67. The Morgan fingerprint density at radius 3 is 2.93 bits per heavy atom. The van der Waals surface area contributed by atoms with Crippen molar-refractivity contribution >= 4 is 39.8 Å². The highest BCUT2D eigenvalue weighted by atomic mass is 32.1. The molecule has 0 spiro atoms. The van der Waals surface area contributed by atoms with Gasteiger partial charge in [-0.25, -0.2) is 4.98 Å². The second-order valence-electron chi connectivity index (χ2n) is 6.41. The quantitative estimate of drug-likeness (QED) is 0.522. The van der Waals surface area contributed by atoms with Gasteiger partial charge >= 0.3 is 0 Å². The number of rotatable bonds is 6. The van der Waals surface area contributed by atoms with Gasteiger partial charge in [0.25, 0.3) is 5.91 Å². The van der Waals surface area contributed by atoms with Gasteiger partial charge in [-0.15, -0.1) is 11.3 Å². The van der Waals surface area contributed by atoms with Crippen molar-refractivity contribution in [2.24, 2.45) is 0 Å². The van der Waals surface area contributed by atoms with Crippen LogP contribution in [0.5, 0.6) is 0 Å². The molecule has 0 bridgehead atoms. The Kier molecular flexibility index (Phi) is 4.94. The average Bonchev–Trinajstić information content (AvgIpc) is 3.42. The van der Waals surface area contributed by atoms with Crippen LogP contribution in [-0.2, 0) is 17.8 Å². The fourth-order valence-electron chi connectivity index (χ4n) is 2.88. The SMILES string of the molecule is CN(Cc1cccs1)C(=O)c1cc2cc(NC(=O)Cc3cnc[nH]3)ccc2o1. The number of fused-ring (bicyclic) bond motifs is 1. The van der Waals surface area contributed by atoms with E-state index in [4.69, 9.17) is 4.42 Å². The van der Waals surface area contributed by atoms with E-state index in [0.717, 1.165) is 16.0 Å². The summed E-state index contributed by atoms with van der Waals surface area (Å²) >= 11 is 1.61. The molecular weight excluding hydrogens is 376 g/mol. The molecule has 0 saturated carbocycles. The fraction of sp³-hybridized carbons (Fsp3) is 0.150. The van der Waals surface area contributed by atoms with E-state index in [1.165, 1.54) is 6.33 Å². The third kappa shape index (κ3) is 3.96. The summed E-state index contributed by atoms with van der Waals surface area (Å²) in [5, 5.41) is 5.58. The van der Waals surface area contributed by atoms with Gasteiger partial charge in [0, 0.05) is 34.9 Å². The number of nitrogens with one attached hydrogen (secondary N) is 2. The first-order chi connectivity index (χ1) is 13.6. The molecule has 0 aliphatic rings. The van der Waals surface area contributed by atoms with Gasteiger partial charge in [-0.05, 0) is 35.7 Å². The molecule has 1 aromatic carbocycles. The highest BCUT2D eigenvalue weighted by molar-refractivity contribution is 7.09. The van der Waals surface area contributed by atoms with Crippen LogP contribution in [-0.4, -0.2) is 33.7 Å². The molecule has 0 radical (unpaired) electrons. The van der Waals surface area contributed by atoms with E-state index in [-0.39, 0.29) is 24.0 Å². The number of aromatic nitrogens is 2. The van der Waals surface area contributed by atoms with Gasteiger partial charge in [0.1, 0.15) is 5.58 Å². The van der Waals surface area contributed by atoms with Crippen LogP contribution in [0.3, 0.4) is 0 Å². The summed E-state index contributed by atoms with van der Waals surface area (Å²) in [6.07, 6.45) is 3.36. The molecule has 142 valence electrons. The Labute approximate surface area is 165 Å². The summed E-state index contributed by atoms with van der Waals surface area (Å²) in [6, 6.07) is 10.9. The lowest BCUT2D eigenvalue weighted by Gasteiger charge is -2.14. The van der Waals surface area contributed by atoms with Gasteiger partial charge in [-0.3, -0.25) is 9.59 Å². The van der Waals surface area contributed by atoms with E-state index in [9.17, 15) is 9.59 Å². The van der Waals surface area contributed by atoms with E-state index < -0.39 is 0 Å². The first-order valence-electron chi connectivity index (χ1n) is 8.67. The molecule has 3 heterocycles. The van der Waals surface area contributed by atoms with Crippen molar-refractivity contribution in [2.75, 3.05) is 12.4 Å². The number of nitrogens with zero attached hydrogens (tertiary/aromatic N) is 2. The fourth-order valence-corrected chi connectivity index (χ4v) is 3.64. The van der Waals surface area contributed by atoms with E-state index in [2.05, 4.69) is 15.3 Å². The molecule has 0 aliphatic heterocycles. The monoisotopic (exact) mass is 394 g/mol. The summed E-state index contributed by atoms with van der Waals surface area (Å²) in [4.78, 5) is 34.3. The number of thiophene rings is 1. The molecule has 28 heavy (non-hydrogen) atoms. The highest BCUT2D eigenvalue weighted by Crippen LogP contribution is 2.24. The van der Waals surface area contributed by atoms with Gasteiger partial charge in [0.05, 0.1) is 19.3 Å². The van der Waals surface area contributed by atoms with Gasteiger partial charge < -0.3 is 19.6 Å². The van der Waals surface area contributed by atoms with E-state index in [1.807, 2.05) is 17.5 Å². The summed E-state index contributed by atoms with van der Waals surface area (Å²) < 4.78 is 5.70. The number of hydrogen-bond acceptors (Lipinski definition) is 5. The first-order valence-corrected chi connectivity index (χ1v) is 9.55. The number of hydrogen-bond donors (Lipinski definition) is 2. The minimum Gasteiger partial charge on any atom is -0.451 e. The number of benzene rings is 1. The molecular formula is C20H18N4O3S. The Bertz CT molecular complexity index is 1100. The Morgan fingerprint density at radius 1 is 1.29 bits per heavy atom. The van der Waals surface area contributed by atoms with Crippen molar-refractivity contribution in [2.45, 2.75) is 13.0 Å². The summed E-state index contributed by atoms with van der Waals surface area (Å²) in [7, 11) is 1.75. The highest BCUT2D eigenvalue weighted by Gasteiger charge is 2.18. The van der Waals surface area contributed by atoms with Gasteiger partial charge in [0.15, 0.2) is 5.76 Å². The van der Waals surface area contributed by atoms with Crippen LogP contribution in [0.15, 0.2) is 58.7 Å². The zero-order valence-electron chi connectivity index (χ0n) is 15.1. The molecule has 2 amide bonds. The van der Waals surface area contributed by atoms with Crippen molar-refractivity contribution in [1.82, 2.24) is 14.9 Å². The van der Waals surface area contributed by atoms with Crippen molar-refractivity contribution in [3.05, 3.63) is 70.6 Å². The Hall–Kier alpha value is -3.39. The van der Waals surface area contributed by atoms with Crippen LogP contribution >= 0.6 is 11.3 Å². The molecule has 2 N–H and O–H groups in total. The molecule has 0 atom stereocenters. The minimum atomic E-state index is -0.186. The Morgan fingerprint density at radius 2 is 2.18 bits per heavy atom. The molecule has 0 aliphatic carbocycles. The first kappa shape index (κ1) is 18.0. The Balaban J connectivity index is 1.46. The second-order valence-corrected chi connectivity index (χ2v) is 7.44. The molecule has 3 aromatic heterocycles. The van der Waals surface area contributed by atoms with Gasteiger partial charge in [0.2, 0.25) is 5.91 Å². The normalized spacial score (nSPS) is 10.9. The maximum atomic E-state index is 12.6. The lowest BCUT2D eigenvalue weighted by Crippen LogP contribution is -2.25. The van der Waals surface area contributed by atoms with Crippen LogP contribution in [0.2, 0.25) is 0 Å². The van der Waals surface area contributed by atoms with Crippen LogP contribution in [0.25, 0.3) is 11.0 Å². The smallest absolute Gasteiger partial charge is 0.289 e. The van der Waals surface area contributed by atoms with E-state index in [1.54, 1.807) is 53.7 Å². The molecule has 8 heteroatoms. The standard InChI is InChI=1S/C20H18N4O3S/c1-24(11-16-3-2-6-28-16)20(26)18-8-13-7-14(4-5-17(13)27-18)23-19(25)9-15-10-21-12-22-15/h2-8,10,12H,9,11H2,1H3,(H,21,22)(H,23,25). The van der Waals surface area contributed by atoms with Crippen LogP contribution in [0.4, 0.5) is 5.69 Å². The molecule has 0 fully saturated rings. The van der Waals surface area contributed by atoms with Gasteiger partial charge in [-0.2, -0.15) is 0 Å². The molecule has 4 aromatic rings. The number of anilines is 1. The molecule has 0 saturated heterocycles. The number of H-pyrrole nitrogens is 1. The zero-order valence-corrected chi connectivity index (χ0v) is 16.0. The third-order valence-corrected chi connectivity index (χ3v) is 5.10. The number of carbonyl (C=O) groups excluding carboxylic acids is 2. The lowest BCUT2D eigenvalue weighted by molar-refractivity contribution is -0.115. The number of amides is 2. The number of imidazole rings is 1. The van der Waals surface area contributed by atoms with Crippen molar-refractivity contribution in [1.29, 1.82) is 0 Å². The van der Waals surface area contributed by atoms with Crippen molar-refractivity contribution in [3.8, 4) is 0 Å². The van der Waals surface area contributed by atoms with Crippen LogP contribution in [0, 0.1) is 0 Å². The predicted molar refractivity (Wildman–Crippen MR) is 107 cm³/mol. The van der Waals surface area contributed by atoms with Crippen LogP contribution < -0.4 is 5.32 Å².